The average molecular weight is 364 g/mol. The molecule has 3 rings (SSSR count). The molecular formula is C17H20N2O3S2. The smallest absolute Gasteiger partial charge is 0.126 e. The van der Waals surface area contributed by atoms with Gasteiger partial charge >= 0.3 is 0 Å². The first-order valence-electron chi connectivity index (χ1n) is 7.73. The molecule has 0 saturated carbocycles. The van der Waals surface area contributed by atoms with Gasteiger partial charge in [0.2, 0.25) is 0 Å². The Morgan fingerprint density at radius 3 is 2.67 bits per heavy atom. The number of thiazole rings is 1. The fraction of sp³-hybridized carbons (Fsp3) is 0.412. The van der Waals surface area contributed by atoms with E-state index in [4.69, 9.17) is 19.7 Å². The van der Waals surface area contributed by atoms with E-state index >= 15 is 0 Å². The van der Waals surface area contributed by atoms with Gasteiger partial charge in [0.15, 0.2) is 0 Å². The van der Waals surface area contributed by atoms with Crippen LogP contribution < -0.4 is 0 Å². The number of oxime groups is 1. The van der Waals surface area contributed by atoms with Crippen molar-refractivity contribution in [3.63, 3.8) is 0 Å². The Kier molecular flexibility index (Phi) is 5.55. The third-order valence-corrected chi connectivity index (χ3v) is 6.31. The van der Waals surface area contributed by atoms with E-state index in [1.807, 2.05) is 24.3 Å². The van der Waals surface area contributed by atoms with Gasteiger partial charge in [0, 0.05) is 43.4 Å². The zero-order chi connectivity index (χ0) is 17.0. The first-order valence-corrected chi connectivity index (χ1v) is 9.42. The highest BCUT2D eigenvalue weighted by Gasteiger charge is 2.37. The summed E-state index contributed by atoms with van der Waals surface area (Å²) in [5, 5.41) is 16.1. The predicted octanol–water partition coefficient (Wildman–Crippen LogP) is 4.14. The van der Waals surface area contributed by atoms with Crippen molar-refractivity contribution in [3.05, 3.63) is 40.2 Å². The second-order valence-electron chi connectivity index (χ2n) is 5.61. The molecule has 2 heterocycles. The van der Waals surface area contributed by atoms with Crippen molar-refractivity contribution in [2.45, 2.75) is 35.3 Å². The van der Waals surface area contributed by atoms with Crippen molar-refractivity contribution < 1.29 is 14.7 Å². The van der Waals surface area contributed by atoms with Gasteiger partial charge < -0.3 is 14.7 Å². The Balaban J connectivity index is 1.74. The molecule has 1 aromatic heterocycles. The third kappa shape index (κ3) is 3.64. The molecule has 0 atom stereocenters. The number of hydrogen-bond donors (Lipinski definition) is 1. The number of nitrogens with zero attached hydrogens (tertiary/aromatic N) is 2. The Bertz CT molecular complexity index is 707. The predicted molar refractivity (Wildman–Crippen MR) is 95.4 cm³/mol. The summed E-state index contributed by atoms with van der Waals surface area (Å²) >= 11 is 3.27. The molecule has 1 aromatic carbocycles. The maximum Gasteiger partial charge on any atom is 0.126 e. The summed E-state index contributed by atoms with van der Waals surface area (Å²) in [7, 11) is 1.75. The quantitative estimate of drug-likeness (QED) is 0.491. The molecule has 0 unspecified atom stereocenters. The lowest BCUT2D eigenvalue weighted by molar-refractivity contribution is -0.0950. The second-order valence-corrected chi connectivity index (χ2v) is 7.57. The zero-order valence-corrected chi connectivity index (χ0v) is 15.3. The molecule has 0 amide bonds. The Morgan fingerprint density at radius 2 is 2.04 bits per heavy atom. The van der Waals surface area contributed by atoms with E-state index in [1.165, 1.54) is 0 Å². The van der Waals surface area contributed by atoms with Crippen LogP contribution in [0.15, 0.2) is 44.7 Å². The molecule has 0 spiro atoms. The van der Waals surface area contributed by atoms with Crippen molar-refractivity contribution in [1.29, 1.82) is 0 Å². The lowest BCUT2D eigenvalue weighted by atomic mass is 9.95. The van der Waals surface area contributed by atoms with Gasteiger partial charge in [0.1, 0.15) is 15.6 Å². The first-order chi connectivity index (χ1) is 11.7. The van der Waals surface area contributed by atoms with Crippen LogP contribution in [0.2, 0.25) is 0 Å². The molecule has 1 aliphatic heterocycles. The number of hydrogen-bond acceptors (Lipinski definition) is 7. The maximum absolute atomic E-state index is 8.82. The third-order valence-electron chi connectivity index (χ3n) is 4.21. The summed E-state index contributed by atoms with van der Waals surface area (Å²) in [4.78, 5) is 5.88. The lowest BCUT2D eigenvalue weighted by Gasteiger charge is -2.33. The van der Waals surface area contributed by atoms with Crippen LogP contribution in [-0.2, 0) is 15.1 Å². The molecule has 1 fully saturated rings. The SMILES string of the molecule is COC1(c2nc(Sc3ccc(/C(C)=N/O)cc3)cs2)CCOCC1. The van der Waals surface area contributed by atoms with Crippen LogP contribution in [0.1, 0.15) is 30.3 Å². The Morgan fingerprint density at radius 1 is 1.33 bits per heavy atom. The van der Waals surface area contributed by atoms with E-state index < -0.39 is 0 Å². The van der Waals surface area contributed by atoms with E-state index in [2.05, 4.69) is 10.5 Å². The molecule has 2 aromatic rings. The van der Waals surface area contributed by atoms with Crippen molar-refractivity contribution >= 4 is 28.8 Å². The van der Waals surface area contributed by atoms with Crippen LogP contribution in [0.4, 0.5) is 0 Å². The fourth-order valence-corrected chi connectivity index (χ4v) is 4.63. The molecule has 1 saturated heterocycles. The molecule has 128 valence electrons. The van der Waals surface area contributed by atoms with Crippen molar-refractivity contribution in [2.75, 3.05) is 20.3 Å². The van der Waals surface area contributed by atoms with E-state index in [-0.39, 0.29) is 5.60 Å². The molecular weight excluding hydrogens is 344 g/mol. The summed E-state index contributed by atoms with van der Waals surface area (Å²) in [5.41, 5.74) is 1.20. The van der Waals surface area contributed by atoms with Crippen LogP contribution in [0, 0.1) is 0 Å². The minimum absolute atomic E-state index is 0.305. The monoisotopic (exact) mass is 364 g/mol. The highest BCUT2D eigenvalue weighted by atomic mass is 32.2. The van der Waals surface area contributed by atoms with E-state index in [9.17, 15) is 0 Å². The first kappa shape index (κ1) is 17.4. The topological polar surface area (TPSA) is 63.9 Å². The lowest BCUT2D eigenvalue weighted by Crippen LogP contribution is -2.35. The van der Waals surface area contributed by atoms with Gasteiger partial charge in [-0.15, -0.1) is 11.3 Å². The molecule has 5 nitrogen and oxygen atoms in total. The molecule has 7 heteroatoms. The summed E-state index contributed by atoms with van der Waals surface area (Å²) in [6.07, 6.45) is 1.69. The van der Waals surface area contributed by atoms with Gasteiger partial charge in [-0.05, 0) is 24.6 Å². The number of ether oxygens (including phenoxy) is 2. The van der Waals surface area contributed by atoms with Gasteiger partial charge in [0.05, 0.1) is 5.71 Å². The second kappa shape index (κ2) is 7.65. The number of aromatic nitrogens is 1. The van der Waals surface area contributed by atoms with E-state index in [0.717, 1.165) is 33.3 Å². The minimum atomic E-state index is -0.305. The van der Waals surface area contributed by atoms with Gasteiger partial charge in [-0.2, -0.15) is 0 Å². The van der Waals surface area contributed by atoms with Crippen LogP contribution in [0.3, 0.4) is 0 Å². The number of benzene rings is 1. The van der Waals surface area contributed by atoms with Gasteiger partial charge in [-0.3, -0.25) is 0 Å². The number of methoxy groups -OCH3 is 1. The van der Waals surface area contributed by atoms with Crippen LogP contribution in [-0.4, -0.2) is 36.2 Å². The highest BCUT2D eigenvalue weighted by Crippen LogP contribution is 2.39. The van der Waals surface area contributed by atoms with E-state index in [0.29, 0.717) is 18.9 Å². The van der Waals surface area contributed by atoms with Crippen LogP contribution >= 0.6 is 23.1 Å². The van der Waals surface area contributed by atoms with Gasteiger partial charge in [0.25, 0.3) is 0 Å². The minimum Gasteiger partial charge on any atom is -0.411 e. The largest absolute Gasteiger partial charge is 0.411 e. The normalized spacial score (nSPS) is 17.8. The number of rotatable bonds is 5. The highest BCUT2D eigenvalue weighted by molar-refractivity contribution is 7.99. The molecule has 1 N–H and O–H groups in total. The fourth-order valence-electron chi connectivity index (χ4n) is 2.66. The van der Waals surface area contributed by atoms with Gasteiger partial charge in [-0.25, -0.2) is 4.98 Å². The summed E-state index contributed by atoms with van der Waals surface area (Å²) in [6, 6.07) is 7.90. The Labute approximate surface area is 149 Å². The van der Waals surface area contributed by atoms with Gasteiger partial charge in [-0.1, -0.05) is 29.1 Å². The van der Waals surface area contributed by atoms with Crippen molar-refractivity contribution in [3.8, 4) is 0 Å². The van der Waals surface area contributed by atoms with Crippen molar-refractivity contribution in [2.24, 2.45) is 5.16 Å². The molecule has 24 heavy (non-hydrogen) atoms. The van der Waals surface area contributed by atoms with Crippen LogP contribution in [0.25, 0.3) is 0 Å². The summed E-state index contributed by atoms with van der Waals surface area (Å²) in [5.74, 6) is 0. The Hall–Kier alpha value is -1.41. The molecule has 0 bridgehead atoms. The van der Waals surface area contributed by atoms with Crippen molar-refractivity contribution in [1.82, 2.24) is 4.98 Å². The standard InChI is InChI=1S/C17H20N2O3S2/c1-12(19-20)13-3-5-14(6-4-13)24-15-11-23-16(18-15)17(21-2)7-9-22-10-8-17/h3-6,11,20H,7-10H2,1-2H3/b19-12+. The average Bonchev–Trinajstić information content (AvgIpc) is 3.11. The molecule has 0 aliphatic carbocycles. The van der Waals surface area contributed by atoms with E-state index in [1.54, 1.807) is 37.1 Å². The summed E-state index contributed by atoms with van der Waals surface area (Å²) < 4.78 is 11.3. The molecule has 0 radical (unpaired) electrons. The zero-order valence-electron chi connectivity index (χ0n) is 13.7. The molecule has 1 aliphatic rings. The maximum atomic E-state index is 8.82. The summed E-state index contributed by atoms with van der Waals surface area (Å²) in [6.45, 7) is 3.19. The van der Waals surface area contributed by atoms with Crippen LogP contribution in [0.5, 0.6) is 0 Å².